The molecule has 5 heteroatoms. The Labute approximate surface area is 128 Å². The highest BCUT2D eigenvalue weighted by atomic mass is 16.6. The fourth-order valence-electron chi connectivity index (χ4n) is 2.51. The van der Waals surface area contributed by atoms with E-state index in [1.165, 1.54) is 0 Å². The smallest absolute Gasteiger partial charge is 0.212 e. The third kappa shape index (κ3) is 2.35. The molecule has 0 atom stereocenters. The van der Waals surface area contributed by atoms with E-state index in [1.54, 1.807) is 24.0 Å². The van der Waals surface area contributed by atoms with E-state index in [2.05, 4.69) is 16.7 Å². The van der Waals surface area contributed by atoms with Crippen molar-refractivity contribution in [2.75, 3.05) is 6.61 Å². The third-order valence-electron chi connectivity index (χ3n) is 3.60. The van der Waals surface area contributed by atoms with Gasteiger partial charge in [0, 0.05) is 18.2 Å². The van der Waals surface area contributed by atoms with Crippen molar-refractivity contribution >= 4 is 11.5 Å². The normalized spacial score (nSPS) is 14.6. The second-order valence-corrected chi connectivity index (χ2v) is 5.13. The van der Waals surface area contributed by atoms with Gasteiger partial charge in [-0.3, -0.25) is 4.79 Å². The Kier molecular flexibility index (Phi) is 3.87. The lowest BCUT2D eigenvalue weighted by atomic mass is 9.89. The molecule has 3 rings (SSSR count). The largest absolute Gasteiger partial charge is 0.395 e. The zero-order valence-electron chi connectivity index (χ0n) is 12.5. The highest BCUT2D eigenvalue weighted by Crippen LogP contribution is 2.26. The van der Waals surface area contributed by atoms with Gasteiger partial charge in [0.25, 0.3) is 0 Å². The summed E-state index contributed by atoms with van der Waals surface area (Å²) in [4.78, 5) is 22.3. The second kappa shape index (κ2) is 5.97. The van der Waals surface area contributed by atoms with Crippen LogP contribution in [0.1, 0.15) is 40.2 Å². The monoisotopic (exact) mass is 295 g/mol. The summed E-state index contributed by atoms with van der Waals surface area (Å²) in [6, 6.07) is 7.41. The Hall–Kier alpha value is -2.69. The van der Waals surface area contributed by atoms with Crippen molar-refractivity contribution in [2.45, 2.75) is 12.8 Å². The summed E-state index contributed by atoms with van der Waals surface area (Å²) in [7, 11) is 1.81. The van der Waals surface area contributed by atoms with Crippen molar-refractivity contribution in [3.05, 3.63) is 65.8 Å². The Balaban J connectivity index is 1.99. The molecule has 1 aromatic carbocycles. The number of imidazole rings is 1. The number of aryl methyl sites for hydroxylation is 1. The van der Waals surface area contributed by atoms with Crippen LogP contribution in [0.25, 0.3) is 0 Å². The number of ketones is 1. The number of aromatic nitrogens is 2. The predicted molar refractivity (Wildman–Crippen MR) is 84.1 cm³/mol. The van der Waals surface area contributed by atoms with Crippen LogP contribution in [0.5, 0.6) is 0 Å². The third-order valence-corrected chi connectivity index (χ3v) is 3.60. The first kappa shape index (κ1) is 14.3. The van der Waals surface area contributed by atoms with E-state index in [9.17, 15) is 4.79 Å². The molecule has 2 aromatic rings. The molecule has 0 unspecified atom stereocenters. The van der Waals surface area contributed by atoms with Gasteiger partial charge in [-0.15, -0.1) is 6.58 Å². The van der Waals surface area contributed by atoms with Crippen LogP contribution in [-0.4, -0.2) is 27.7 Å². The van der Waals surface area contributed by atoms with Gasteiger partial charge in [-0.1, -0.05) is 35.5 Å². The predicted octanol–water partition coefficient (Wildman–Crippen LogP) is 2.70. The fourth-order valence-corrected chi connectivity index (χ4v) is 2.51. The fraction of sp³-hybridized carbons (Fsp3) is 0.235. The molecule has 1 aromatic heterocycles. The summed E-state index contributed by atoms with van der Waals surface area (Å²) in [6.07, 6.45) is 5.22. The lowest BCUT2D eigenvalue weighted by Crippen LogP contribution is -2.23. The van der Waals surface area contributed by atoms with Crippen LogP contribution in [0, 0.1) is 0 Å². The number of rotatable bonds is 5. The van der Waals surface area contributed by atoms with Gasteiger partial charge < -0.3 is 9.40 Å². The van der Waals surface area contributed by atoms with E-state index in [4.69, 9.17) is 4.84 Å². The van der Waals surface area contributed by atoms with Gasteiger partial charge in [0.2, 0.25) is 5.78 Å². The first-order chi connectivity index (χ1) is 10.7. The molecule has 0 amide bonds. The maximum Gasteiger partial charge on any atom is 0.212 e. The maximum absolute atomic E-state index is 12.6. The van der Waals surface area contributed by atoms with Gasteiger partial charge in [0.15, 0.2) is 0 Å². The second-order valence-electron chi connectivity index (χ2n) is 5.13. The summed E-state index contributed by atoms with van der Waals surface area (Å²) in [5.41, 5.74) is 3.14. The lowest BCUT2D eigenvalue weighted by Gasteiger charge is -2.17. The molecule has 0 radical (unpaired) electrons. The molecule has 0 N–H and O–H groups in total. The average Bonchev–Trinajstić information content (AvgIpc) is 2.92. The molecule has 0 fully saturated rings. The first-order valence-electron chi connectivity index (χ1n) is 7.20. The van der Waals surface area contributed by atoms with E-state index in [1.807, 2.05) is 24.3 Å². The Morgan fingerprint density at radius 2 is 2.14 bits per heavy atom. The van der Waals surface area contributed by atoms with Crippen molar-refractivity contribution in [1.29, 1.82) is 0 Å². The molecule has 5 nitrogen and oxygen atoms in total. The molecule has 0 aliphatic heterocycles. The van der Waals surface area contributed by atoms with Gasteiger partial charge in [-0.25, -0.2) is 4.98 Å². The molecule has 22 heavy (non-hydrogen) atoms. The van der Waals surface area contributed by atoms with Gasteiger partial charge in [0.1, 0.15) is 23.7 Å². The van der Waals surface area contributed by atoms with Crippen LogP contribution >= 0.6 is 0 Å². The van der Waals surface area contributed by atoms with Crippen molar-refractivity contribution in [1.82, 2.24) is 9.55 Å². The average molecular weight is 295 g/mol. The Morgan fingerprint density at radius 3 is 2.91 bits per heavy atom. The van der Waals surface area contributed by atoms with Crippen LogP contribution in [0.4, 0.5) is 0 Å². The number of carbonyl (C=O) groups is 1. The van der Waals surface area contributed by atoms with E-state index in [0.29, 0.717) is 29.3 Å². The number of oxime groups is 1. The van der Waals surface area contributed by atoms with Gasteiger partial charge in [-0.05, 0) is 12.8 Å². The summed E-state index contributed by atoms with van der Waals surface area (Å²) in [5.74, 6) is -0.0313. The molecule has 1 aliphatic carbocycles. The minimum absolute atomic E-state index is 0.0313. The summed E-state index contributed by atoms with van der Waals surface area (Å²) >= 11 is 0. The topological polar surface area (TPSA) is 56.5 Å². The first-order valence-corrected chi connectivity index (χ1v) is 7.20. The van der Waals surface area contributed by atoms with Gasteiger partial charge >= 0.3 is 0 Å². The van der Waals surface area contributed by atoms with Crippen molar-refractivity contribution in [3.63, 3.8) is 0 Å². The standard InChI is InChI=1S/C17H17N3O2/c1-3-4-7-10-22-19-14-12-8-5-6-9-13(12)17(21)16-15(14)18-11-20(16)2/h3,5-6,8-9,11H,1,4,7,10H2,2H3/b19-14+. The SMILES string of the molecule is C=CCCCO/N=C1\c2ccccc2C(=O)c2c1ncn2C. The van der Waals surface area contributed by atoms with Crippen LogP contribution < -0.4 is 0 Å². The number of carbonyl (C=O) groups excluding carboxylic acids is 1. The summed E-state index contributed by atoms with van der Waals surface area (Å²) in [6.45, 7) is 4.18. The number of hydrogen-bond acceptors (Lipinski definition) is 4. The molecular formula is C17H17N3O2. The zero-order chi connectivity index (χ0) is 15.5. The number of unbranched alkanes of at least 4 members (excludes halogenated alkanes) is 1. The van der Waals surface area contributed by atoms with Gasteiger partial charge in [-0.2, -0.15) is 0 Å². The number of nitrogens with zero attached hydrogens (tertiary/aromatic N) is 3. The number of hydrogen-bond donors (Lipinski definition) is 0. The van der Waals surface area contributed by atoms with Crippen LogP contribution in [0.3, 0.4) is 0 Å². The van der Waals surface area contributed by atoms with E-state index >= 15 is 0 Å². The highest BCUT2D eigenvalue weighted by molar-refractivity contribution is 6.28. The minimum atomic E-state index is -0.0313. The van der Waals surface area contributed by atoms with E-state index in [0.717, 1.165) is 18.4 Å². The summed E-state index contributed by atoms with van der Waals surface area (Å²) < 4.78 is 1.72. The number of benzene rings is 1. The minimum Gasteiger partial charge on any atom is -0.395 e. The molecule has 1 heterocycles. The quantitative estimate of drug-likeness (QED) is 0.413. The van der Waals surface area contributed by atoms with Crippen molar-refractivity contribution in [2.24, 2.45) is 12.2 Å². The van der Waals surface area contributed by atoms with Crippen molar-refractivity contribution < 1.29 is 9.63 Å². The lowest BCUT2D eigenvalue weighted by molar-refractivity contribution is 0.102. The number of fused-ring (bicyclic) bond motifs is 2. The Bertz CT molecular complexity index is 759. The molecular weight excluding hydrogens is 278 g/mol. The molecule has 0 saturated carbocycles. The van der Waals surface area contributed by atoms with E-state index in [-0.39, 0.29) is 5.78 Å². The molecule has 0 bridgehead atoms. The summed E-state index contributed by atoms with van der Waals surface area (Å²) in [5, 5.41) is 4.24. The molecule has 112 valence electrons. The maximum atomic E-state index is 12.6. The molecule has 0 spiro atoms. The molecule has 0 saturated heterocycles. The van der Waals surface area contributed by atoms with Gasteiger partial charge in [0.05, 0.1) is 6.33 Å². The highest BCUT2D eigenvalue weighted by Gasteiger charge is 2.32. The molecule has 1 aliphatic rings. The van der Waals surface area contributed by atoms with Crippen LogP contribution in [0.2, 0.25) is 0 Å². The Morgan fingerprint density at radius 1 is 1.36 bits per heavy atom. The van der Waals surface area contributed by atoms with Crippen LogP contribution in [0.15, 0.2) is 48.4 Å². The van der Waals surface area contributed by atoms with Crippen molar-refractivity contribution in [3.8, 4) is 0 Å². The van der Waals surface area contributed by atoms with E-state index < -0.39 is 0 Å². The van der Waals surface area contributed by atoms with Crippen LogP contribution in [-0.2, 0) is 11.9 Å². The number of allylic oxidation sites excluding steroid dienone is 1. The zero-order valence-corrected chi connectivity index (χ0v) is 12.5.